The molecule has 0 atom stereocenters. The van der Waals surface area contributed by atoms with Crippen molar-refractivity contribution in [2.45, 2.75) is 12.7 Å². The number of alkyl halides is 3. The van der Waals surface area contributed by atoms with Gasteiger partial charge in [0.2, 0.25) is 11.7 Å². The molecule has 1 heterocycles. The largest absolute Gasteiger partial charge is 0.507 e. The fourth-order valence-corrected chi connectivity index (χ4v) is 1.63. The topological polar surface area (TPSA) is 71.2 Å². The molecule has 0 fully saturated rings. The molecule has 1 aromatic heterocycles. The van der Waals surface area contributed by atoms with Gasteiger partial charge in [-0.1, -0.05) is 11.2 Å². The van der Waals surface area contributed by atoms with Crippen molar-refractivity contribution in [3.8, 4) is 17.1 Å². The first-order valence-electron chi connectivity index (χ1n) is 5.96. The summed E-state index contributed by atoms with van der Waals surface area (Å²) in [6.07, 6.45) is -3.01. The van der Waals surface area contributed by atoms with Crippen LogP contribution in [0.3, 0.4) is 0 Å². The molecule has 0 amide bonds. The normalized spacial score (nSPS) is 11.6. The second kappa shape index (κ2) is 5.96. The van der Waals surface area contributed by atoms with Gasteiger partial charge in [-0.2, -0.15) is 18.2 Å². The summed E-state index contributed by atoms with van der Waals surface area (Å²) in [4.78, 5) is 3.98. The molecule has 2 rings (SSSR count). The number of nitrogens with one attached hydrogen (secondary N) is 1. The second-order valence-electron chi connectivity index (χ2n) is 4.16. The highest BCUT2D eigenvalue weighted by Crippen LogP contribution is 2.37. The fraction of sp³-hybridized carbons (Fsp3) is 0.231. The number of hydrogen-bond donors (Lipinski definition) is 2. The zero-order valence-corrected chi connectivity index (χ0v) is 10.8. The Morgan fingerprint density at radius 2 is 2.14 bits per heavy atom. The van der Waals surface area contributed by atoms with E-state index in [4.69, 9.17) is 4.52 Å². The number of hydrogen-bond acceptors (Lipinski definition) is 5. The van der Waals surface area contributed by atoms with E-state index in [0.717, 1.165) is 12.1 Å². The molecule has 0 bridgehead atoms. The molecule has 0 aliphatic carbocycles. The van der Waals surface area contributed by atoms with E-state index in [0.29, 0.717) is 6.54 Å². The summed E-state index contributed by atoms with van der Waals surface area (Å²) < 4.78 is 43.1. The highest BCUT2D eigenvalue weighted by Gasteiger charge is 2.34. The maximum atomic E-state index is 12.7. The van der Waals surface area contributed by atoms with Gasteiger partial charge >= 0.3 is 6.18 Å². The van der Waals surface area contributed by atoms with Crippen LogP contribution in [0, 0.1) is 0 Å². The van der Waals surface area contributed by atoms with Crippen LogP contribution in [0.5, 0.6) is 5.75 Å². The van der Waals surface area contributed by atoms with Crippen LogP contribution in [0.2, 0.25) is 0 Å². The molecule has 0 radical (unpaired) electrons. The molecule has 0 aliphatic rings. The number of aromatic hydroxyl groups is 1. The second-order valence-corrected chi connectivity index (χ2v) is 4.16. The van der Waals surface area contributed by atoms with E-state index in [1.165, 1.54) is 6.07 Å². The third-order valence-electron chi connectivity index (χ3n) is 2.59. The molecule has 0 aliphatic heterocycles. The minimum absolute atomic E-state index is 0.0240. The highest BCUT2D eigenvalue weighted by molar-refractivity contribution is 5.58. The van der Waals surface area contributed by atoms with Gasteiger partial charge in [-0.25, -0.2) is 0 Å². The van der Waals surface area contributed by atoms with Crippen LogP contribution >= 0.6 is 0 Å². The van der Waals surface area contributed by atoms with Crippen molar-refractivity contribution >= 4 is 0 Å². The SMILES string of the molecule is C=CCNCc1nc(-c2ccc(O)c(C(F)(F)F)c2)no1. The summed E-state index contributed by atoms with van der Waals surface area (Å²) in [6.45, 7) is 4.34. The predicted molar refractivity (Wildman–Crippen MR) is 68.3 cm³/mol. The van der Waals surface area contributed by atoms with E-state index in [-0.39, 0.29) is 23.8 Å². The standard InChI is InChI=1S/C13H12F3N3O2/c1-2-5-17-7-11-18-12(19-21-11)8-3-4-10(20)9(6-8)13(14,15)16/h2-4,6,17,20H,1,5,7H2. The van der Waals surface area contributed by atoms with Crippen LogP contribution in [0.1, 0.15) is 11.5 Å². The van der Waals surface area contributed by atoms with Crippen molar-refractivity contribution in [1.29, 1.82) is 0 Å². The van der Waals surface area contributed by atoms with Gasteiger partial charge in [0.1, 0.15) is 5.75 Å². The maximum Gasteiger partial charge on any atom is 0.419 e. The van der Waals surface area contributed by atoms with Gasteiger partial charge in [0.05, 0.1) is 12.1 Å². The zero-order chi connectivity index (χ0) is 15.5. The maximum absolute atomic E-state index is 12.7. The quantitative estimate of drug-likeness (QED) is 0.656. The number of rotatable bonds is 5. The van der Waals surface area contributed by atoms with Crippen LogP contribution in [0.15, 0.2) is 35.4 Å². The molecule has 0 unspecified atom stereocenters. The van der Waals surface area contributed by atoms with Crippen molar-refractivity contribution in [1.82, 2.24) is 15.5 Å². The number of benzene rings is 1. The number of halogens is 3. The molecular formula is C13H12F3N3O2. The number of nitrogens with zero attached hydrogens (tertiary/aromatic N) is 2. The third kappa shape index (κ3) is 3.60. The molecule has 0 saturated heterocycles. The summed E-state index contributed by atoms with van der Waals surface area (Å²) in [6, 6.07) is 3.02. The van der Waals surface area contributed by atoms with Crippen molar-refractivity contribution in [3.63, 3.8) is 0 Å². The lowest BCUT2D eigenvalue weighted by molar-refractivity contribution is -0.138. The van der Waals surface area contributed by atoms with E-state index in [9.17, 15) is 18.3 Å². The summed E-state index contributed by atoms with van der Waals surface area (Å²) in [5.41, 5.74) is -1.03. The Balaban J connectivity index is 2.24. The number of phenols is 1. The molecule has 0 spiro atoms. The Morgan fingerprint density at radius 3 is 2.81 bits per heavy atom. The summed E-state index contributed by atoms with van der Waals surface area (Å²) in [7, 11) is 0. The summed E-state index contributed by atoms with van der Waals surface area (Å²) in [5, 5.41) is 15.8. The molecule has 2 N–H and O–H groups in total. The van der Waals surface area contributed by atoms with E-state index in [1.807, 2.05) is 0 Å². The average molecular weight is 299 g/mol. The zero-order valence-electron chi connectivity index (χ0n) is 10.8. The van der Waals surface area contributed by atoms with Crippen molar-refractivity contribution in [2.24, 2.45) is 0 Å². The van der Waals surface area contributed by atoms with Crippen molar-refractivity contribution in [3.05, 3.63) is 42.3 Å². The van der Waals surface area contributed by atoms with Gasteiger partial charge in [0, 0.05) is 12.1 Å². The van der Waals surface area contributed by atoms with Crippen LogP contribution in [-0.4, -0.2) is 21.8 Å². The Hall–Kier alpha value is -2.35. The molecular weight excluding hydrogens is 287 g/mol. The Labute approximate surface area is 118 Å². The van der Waals surface area contributed by atoms with Crippen LogP contribution in [-0.2, 0) is 12.7 Å². The van der Waals surface area contributed by atoms with Crippen LogP contribution < -0.4 is 5.32 Å². The van der Waals surface area contributed by atoms with Crippen molar-refractivity contribution < 1.29 is 22.8 Å². The smallest absolute Gasteiger partial charge is 0.419 e. The van der Waals surface area contributed by atoms with Crippen LogP contribution in [0.25, 0.3) is 11.4 Å². The Morgan fingerprint density at radius 1 is 1.38 bits per heavy atom. The van der Waals surface area contributed by atoms with Gasteiger partial charge in [0.15, 0.2) is 0 Å². The van der Waals surface area contributed by atoms with Gasteiger partial charge in [-0.05, 0) is 18.2 Å². The van der Waals surface area contributed by atoms with Crippen LogP contribution in [0.4, 0.5) is 13.2 Å². The van der Waals surface area contributed by atoms with Gasteiger partial charge in [-0.15, -0.1) is 6.58 Å². The molecule has 2 aromatic rings. The molecule has 8 heteroatoms. The van der Waals surface area contributed by atoms with Gasteiger partial charge < -0.3 is 14.9 Å². The molecule has 112 valence electrons. The molecule has 21 heavy (non-hydrogen) atoms. The number of aromatic nitrogens is 2. The monoisotopic (exact) mass is 299 g/mol. The van der Waals surface area contributed by atoms with Gasteiger partial charge in [-0.3, -0.25) is 0 Å². The first kappa shape index (κ1) is 15.0. The Kier molecular flexibility index (Phi) is 4.27. The van der Waals surface area contributed by atoms with E-state index >= 15 is 0 Å². The number of phenolic OH excluding ortho intramolecular Hbond substituents is 1. The lowest BCUT2D eigenvalue weighted by Crippen LogP contribution is -2.12. The van der Waals surface area contributed by atoms with E-state index in [2.05, 4.69) is 22.0 Å². The Bertz CT molecular complexity index is 638. The fourth-order valence-electron chi connectivity index (χ4n) is 1.63. The molecule has 1 aromatic carbocycles. The first-order valence-corrected chi connectivity index (χ1v) is 5.96. The molecule has 0 saturated carbocycles. The lowest BCUT2D eigenvalue weighted by atomic mass is 10.1. The average Bonchev–Trinajstić information content (AvgIpc) is 2.87. The summed E-state index contributed by atoms with van der Waals surface area (Å²) >= 11 is 0. The highest BCUT2D eigenvalue weighted by atomic mass is 19.4. The third-order valence-corrected chi connectivity index (χ3v) is 2.59. The predicted octanol–water partition coefficient (Wildman–Crippen LogP) is 2.74. The van der Waals surface area contributed by atoms with Gasteiger partial charge in [0.25, 0.3) is 0 Å². The van der Waals surface area contributed by atoms with E-state index in [1.54, 1.807) is 6.08 Å². The lowest BCUT2D eigenvalue weighted by Gasteiger charge is -2.09. The minimum Gasteiger partial charge on any atom is -0.507 e. The van der Waals surface area contributed by atoms with E-state index < -0.39 is 17.5 Å². The van der Waals surface area contributed by atoms with Crippen molar-refractivity contribution in [2.75, 3.05) is 6.54 Å². The molecule has 5 nitrogen and oxygen atoms in total. The summed E-state index contributed by atoms with van der Waals surface area (Å²) in [5.74, 6) is -0.577. The minimum atomic E-state index is -4.65. The first-order chi connectivity index (χ1) is 9.91.